The van der Waals surface area contributed by atoms with E-state index >= 15 is 0 Å². The van der Waals surface area contributed by atoms with Crippen molar-refractivity contribution in [1.29, 1.82) is 0 Å². The topological polar surface area (TPSA) is 97.5 Å². The summed E-state index contributed by atoms with van der Waals surface area (Å²) in [6, 6.07) is 25.0. The van der Waals surface area contributed by atoms with Gasteiger partial charge in [0.05, 0.1) is 9.82 Å². The average Bonchev–Trinajstić information content (AvgIpc) is 2.63. The molecule has 26 heavy (non-hydrogen) atoms. The van der Waals surface area contributed by atoms with E-state index < -0.39 is 15.0 Å². The third-order valence-corrected chi connectivity index (χ3v) is 4.31. The van der Waals surface area contributed by atoms with Gasteiger partial charge in [0.2, 0.25) is 0 Å². The molecule has 0 radical (unpaired) electrons. The van der Waals surface area contributed by atoms with Crippen LogP contribution in [0, 0.1) is 10.1 Å². The molecule has 0 saturated carbocycles. The zero-order chi connectivity index (χ0) is 19.0. The number of non-ortho nitro benzene ring substituents is 1. The van der Waals surface area contributed by atoms with E-state index in [0.717, 1.165) is 30.7 Å². The fourth-order valence-electron chi connectivity index (χ4n) is 2.17. The molecule has 3 aromatic rings. The van der Waals surface area contributed by atoms with E-state index in [1.165, 1.54) is 11.1 Å². The van der Waals surface area contributed by atoms with Crippen LogP contribution in [0.15, 0.2) is 89.8 Å². The Morgan fingerprint density at radius 1 is 0.769 bits per heavy atom. The van der Waals surface area contributed by atoms with Crippen LogP contribution in [0.2, 0.25) is 0 Å². The molecule has 0 spiro atoms. The molecule has 6 nitrogen and oxygen atoms in total. The van der Waals surface area contributed by atoms with Crippen LogP contribution in [-0.4, -0.2) is 17.9 Å². The van der Waals surface area contributed by atoms with Crippen LogP contribution in [0.3, 0.4) is 0 Å². The van der Waals surface area contributed by atoms with Crippen LogP contribution in [0.25, 0.3) is 0 Å². The normalized spacial score (nSPS) is 10.5. The predicted octanol–water partition coefficient (Wildman–Crippen LogP) is 4.12. The first-order chi connectivity index (χ1) is 12.4. The number of rotatable bonds is 4. The van der Waals surface area contributed by atoms with Crippen molar-refractivity contribution < 1.29 is 17.9 Å². The molecule has 3 rings (SSSR count). The summed E-state index contributed by atoms with van der Waals surface area (Å²) in [4.78, 5) is 9.13. The monoisotopic (exact) mass is 371 g/mol. The first-order valence-corrected chi connectivity index (χ1v) is 9.10. The third kappa shape index (κ3) is 6.12. The Morgan fingerprint density at radius 2 is 1.19 bits per heavy atom. The Kier molecular flexibility index (Phi) is 6.60. The van der Waals surface area contributed by atoms with Gasteiger partial charge in [0.1, 0.15) is 0 Å². The minimum Gasteiger partial charge on any atom is -0.282 e. The van der Waals surface area contributed by atoms with Crippen molar-refractivity contribution in [2.45, 2.75) is 11.3 Å². The lowest BCUT2D eigenvalue weighted by molar-refractivity contribution is -0.384. The lowest BCUT2D eigenvalue weighted by atomic mass is 10.1. The molecule has 3 aromatic carbocycles. The molecule has 0 aliphatic carbocycles. The smallest absolute Gasteiger partial charge is 0.282 e. The van der Waals surface area contributed by atoms with E-state index in [9.17, 15) is 18.5 Å². The molecule has 0 aromatic heterocycles. The van der Waals surface area contributed by atoms with Gasteiger partial charge in [0.25, 0.3) is 15.8 Å². The number of hydrogen-bond donors (Lipinski definition) is 1. The minimum atomic E-state index is -4.27. The molecule has 1 N–H and O–H groups in total. The highest BCUT2D eigenvalue weighted by Gasteiger charge is 2.11. The summed E-state index contributed by atoms with van der Waals surface area (Å²) in [5, 5.41) is 10.2. The summed E-state index contributed by atoms with van der Waals surface area (Å²) < 4.78 is 29.5. The maximum absolute atomic E-state index is 10.5. The minimum absolute atomic E-state index is 0.229. The summed E-state index contributed by atoms with van der Waals surface area (Å²) in [5.74, 6) is 0. The van der Waals surface area contributed by atoms with Gasteiger partial charge < -0.3 is 0 Å². The summed E-state index contributed by atoms with van der Waals surface area (Å²) in [6.45, 7) is 0. The first kappa shape index (κ1) is 19.3. The van der Waals surface area contributed by atoms with Crippen LogP contribution in [0.4, 0.5) is 5.69 Å². The Hall–Kier alpha value is -3.03. The molecule has 7 heteroatoms. The van der Waals surface area contributed by atoms with E-state index in [1.54, 1.807) is 0 Å². The van der Waals surface area contributed by atoms with Gasteiger partial charge in [-0.2, -0.15) is 8.42 Å². The van der Waals surface area contributed by atoms with Crippen molar-refractivity contribution >= 4 is 15.8 Å². The van der Waals surface area contributed by atoms with Crippen LogP contribution in [-0.2, 0) is 16.5 Å². The van der Waals surface area contributed by atoms with Crippen LogP contribution in [0.5, 0.6) is 0 Å². The standard InChI is InChI=1S/C13H12.C6H5NO5S/c1-3-7-12(8-4-1)11-13-9-5-2-6-10-13;8-7(9)5-1-3-6(4-2-5)13(10,11)12/h1-10H,11H2;1-4H,(H,10,11,12). The molecule has 0 amide bonds. The molecule has 134 valence electrons. The van der Waals surface area contributed by atoms with Crippen molar-refractivity contribution in [3.05, 3.63) is 106 Å². The molecule has 0 bridgehead atoms. The average molecular weight is 371 g/mol. The molecule has 0 saturated heterocycles. The van der Waals surface area contributed by atoms with E-state index in [0.29, 0.717) is 0 Å². The second kappa shape index (κ2) is 8.89. The Bertz CT molecular complexity index is 903. The maximum atomic E-state index is 10.5. The molecular weight excluding hydrogens is 354 g/mol. The van der Waals surface area contributed by atoms with Gasteiger partial charge in [-0.05, 0) is 29.7 Å². The van der Waals surface area contributed by atoms with Gasteiger partial charge in [0, 0.05) is 12.1 Å². The van der Waals surface area contributed by atoms with Gasteiger partial charge in [-0.15, -0.1) is 0 Å². The fraction of sp³-hybridized carbons (Fsp3) is 0.0526. The summed E-state index contributed by atoms with van der Waals surface area (Å²) in [5.41, 5.74) is 2.51. The van der Waals surface area contributed by atoms with Crippen molar-refractivity contribution in [2.75, 3.05) is 0 Å². The van der Waals surface area contributed by atoms with Crippen molar-refractivity contribution in [3.8, 4) is 0 Å². The van der Waals surface area contributed by atoms with E-state index in [4.69, 9.17) is 4.55 Å². The molecular formula is C19H17NO5S. The van der Waals surface area contributed by atoms with Gasteiger partial charge in [-0.3, -0.25) is 14.7 Å². The number of benzene rings is 3. The fourth-order valence-corrected chi connectivity index (χ4v) is 2.65. The zero-order valence-electron chi connectivity index (χ0n) is 13.7. The molecule has 0 fully saturated rings. The van der Waals surface area contributed by atoms with Crippen molar-refractivity contribution in [2.24, 2.45) is 0 Å². The summed E-state index contributed by atoms with van der Waals surface area (Å²) in [6.07, 6.45) is 1.03. The van der Waals surface area contributed by atoms with Gasteiger partial charge in [0.15, 0.2) is 0 Å². The Balaban J connectivity index is 0.000000187. The zero-order valence-corrected chi connectivity index (χ0v) is 14.5. The predicted molar refractivity (Wildman–Crippen MR) is 98.6 cm³/mol. The van der Waals surface area contributed by atoms with Crippen LogP contribution < -0.4 is 0 Å². The van der Waals surface area contributed by atoms with E-state index in [1.807, 2.05) is 0 Å². The van der Waals surface area contributed by atoms with Crippen molar-refractivity contribution in [1.82, 2.24) is 0 Å². The molecule has 0 unspecified atom stereocenters. The quantitative estimate of drug-likeness (QED) is 0.423. The van der Waals surface area contributed by atoms with Crippen molar-refractivity contribution in [3.63, 3.8) is 0 Å². The molecule has 0 aliphatic heterocycles. The third-order valence-electron chi connectivity index (χ3n) is 3.44. The van der Waals surface area contributed by atoms with Crippen LogP contribution >= 0.6 is 0 Å². The number of nitro groups is 1. The van der Waals surface area contributed by atoms with Gasteiger partial charge >= 0.3 is 0 Å². The van der Waals surface area contributed by atoms with Gasteiger partial charge in [-0.25, -0.2) is 0 Å². The number of nitrogens with zero attached hydrogens (tertiary/aromatic N) is 1. The van der Waals surface area contributed by atoms with E-state index in [2.05, 4.69) is 60.7 Å². The largest absolute Gasteiger partial charge is 0.294 e. The first-order valence-electron chi connectivity index (χ1n) is 7.66. The highest BCUT2D eigenvalue weighted by molar-refractivity contribution is 7.85. The highest BCUT2D eigenvalue weighted by Crippen LogP contribution is 2.15. The Labute approximate surface area is 151 Å². The van der Waals surface area contributed by atoms with Crippen LogP contribution in [0.1, 0.15) is 11.1 Å². The molecule has 0 atom stereocenters. The lowest BCUT2D eigenvalue weighted by Gasteiger charge is -2.00. The lowest BCUT2D eigenvalue weighted by Crippen LogP contribution is -1.97. The van der Waals surface area contributed by atoms with E-state index in [-0.39, 0.29) is 10.6 Å². The second-order valence-electron chi connectivity index (χ2n) is 5.37. The van der Waals surface area contributed by atoms with Gasteiger partial charge in [-0.1, -0.05) is 60.7 Å². The summed E-state index contributed by atoms with van der Waals surface area (Å²) >= 11 is 0. The molecule has 0 aliphatic rings. The maximum Gasteiger partial charge on any atom is 0.294 e. The highest BCUT2D eigenvalue weighted by atomic mass is 32.2. The number of nitro benzene ring substituents is 1. The summed E-state index contributed by atoms with van der Waals surface area (Å²) in [7, 11) is -4.27. The second-order valence-corrected chi connectivity index (χ2v) is 6.80. The SMILES string of the molecule is O=[N+]([O-])c1ccc(S(=O)(=O)O)cc1.c1ccc(Cc2ccccc2)cc1. The molecule has 0 heterocycles. The number of hydrogen-bond acceptors (Lipinski definition) is 4. The Morgan fingerprint density at radius 3 is 1.54 bits per heavy atom.